The molecule has 0 aliphatic carbocycles. The minimum atomic E-state index is -0.961. The van der Waals surface area contributed by atoms with Crippen LogP contribution in [-0.2, 0) is 11.2 Å². The highest BCUT2D eigenvalue weighted by molar-refractivity contribution is 5.70. The standard InChI is InChI=1S/C13H13NO5/c1-17-9-3-4-11(18-2)10(6-9)13-14-8(7-19-13)5-12(15)16/h3-4,6-7H,5H2,1-2H3,(H,15,16). The number of benzene rings is 1. The SMILES string of the molecule is COc1ccc(OC)c(-c2nc(CC(=O)O)co2)c1. The third-order valence-electron chi connectivity index (χ3n) is 2.52. The van der Waals surface area contributed by atoms with Gasteiger partial charge in [0, 0.05) is 0 Å². The molecule has 0 unspecified atom stereocenters. The maximum atomic E-state index is 10.6. The number of hydrogen-bond donors (Lipinski definition) is 1. The zero-order valence-corrected chi connectivity index (χ0v) is 10.5. The summed E-state index contributed by atoms with van der Waals surface area (Å²) in [5.41, 5.74) is 0.964. The van der Waals surface area contributed by atoms with Crippen molar-refractivity contribution >= 4 is 5.97 Å². The molecule has 6 heteroatoms. The molecule has 1 heterocycles. The molecule has 0 radical (unpaired) electrons. The maximum Gasteiger partial charge on any atom is 0.309 e. The van der Waals surface area contributed by atoms with Gasteiger partial charge in [-0.2, -0.15) is 0 Å². The Labute approximate surface area is 109 Å². The van der Waals surface area contributed by atoms with E-state index in [1.54, 1.807) is 25.3 Å². The number of carbonyl (C=O) groups is 1. The summed E-state index contributed by atoms with van der Waals surface area (Å²) in [5.74, 6) is 0.544. The predicted molar refractivity (Wildman–Crippen MR) is 66.4 cm³/mol. The van der Waals surface area contributed by atoms with Crippen LogP contribution in [0.5, 0.6) is 11.5 Å². The zero-order chi connectivity index (χ0) is 13.8. The second-order valence-electron chi connectivity index (χ2n) is 3.78. The fourth-order valence-corrected chi connectivity index (χ4v) is 1.65. The lowest BCUT2D eigenvalue weighted by Gasteiger charge is -2.07. The Morgan fingerprint density at radius 2 is 2.16 bits per heavy atom. The van der Waals surface area contributed by atoms with E-state index in [9.17, 15) is 4.79 Å². The summed E-state index contributed by atoms with van der Waals surface area (Å²) in [7, 11) is 3.09. The highest BCUT2D eigenvalue weighted by Gasteiger charge is 2.14. The van der Waals surface area contributed by atoms with E-state index in [1.807, 2.05) is 0 Å². The van der Waals surface area contributed by atoms with E-state index < -0.39 is 5.97 Å². The second kappa shape index (κ2) is 5.43. The van der Waals surface area contributed by atoms with Crippen LogP contribution in [0.25, 0.3) is 11.5 Å². The molecule has 0 saturated carbocycles. The first-order valence-electron chi connectivity index (χ1n) is 5.52. The minimum Gasteiger partial charge on any atom is -0.497 e. The molecule has 1 aromatic heterocycles. The van der Waals surface area contributed by atoms with E-state index in [1.165, 1.54) is 13.4 Å². The molecule has 19 heavy (non-hydrogen) atoms. The van der Waals surface area contributed by atoms with Crippen molar-refractivity contribution in [3.63, 3.8) is 0 Å². The van der Waals surface area contributed by atoms with Gasteiger partial charge in [-0.3, -0.25) is 4.79 Å². The molecule has 0 aliphatic rings. The van der Waals surface area contributed by atoms with Crippen molar-refractivity contribution in [2.24, 2.45) is 0 Å². The molecule has 1 N–H and O–H groups in total. The fraction of sp³-hybridized carbons (Fsp3) is 0.231. The third-order valence-corrected chi connectivity index (χ3v) is 2.52. The first-order valence-corrected chi connectivity index (χ1v) is 5.52. The number of methoxy groups -OCH3 is 2. The molecule has 0 fully saturated rings. The van der Waals surface area contributed by atoms with Crippen LogP contribution in [0.2, 0.25) is 0 Å². The molecule has 1 aromatic carbocycles. The number of oxazole rings is 1. The average Bonchev–Trinajstić information content (AvgIpc) is 2.85. The molecule has 2 rings (SSSR count). The molecule has 0 bridgehead atoms. The number of aliphatic carboxylic acids is 1. The lowest BCUT2D eigenvalue weighted by Crippen LogP contribution is -2.00. The Bertz CT molecular complexity index is 590. The zero-order valence-electron chi connectivity index (χ0n) is 10.5. The van der Waals surface area contributed by atoms with E-state index >= 15 is 0 Å². The van der Waals surface area contributed by atoms with Gasteiger partial charge in [0.1, 0.15) is 17.8 Å². The molecular weight excluding hydrogens is 250 g/mol. The summed E-state index contributed by atoms with van der Waals surface area (Å²) in [5, 5.41) is 8.70. The van der Waals surface area contributed by atoms with Crippen LogP contribution in [-0.4, -0.2) is 30.3 Å². The smallest absolute Gasteiger partial charge is 0.309 e. The van der Waals surface area contributed by atoms with Gasteiger partial charge in [0.2, 0.25) is 5.89 Å². The first kappa shape index (κ1) is 12.9. The fourth-order valence-electron chi connectivity index (χ4n) is 1.65. The predicted octanol–water partition coefficient (Wildman–Crippen LogP) is 1.99. The third kappa shape index (κ3) is 2.85. The van der Waals surface area contributed by atoms with Crippen LogP contribution in [0.15, 0.2) is 28.9 Å². The molecule has 6 nitrogen and oxygen atoms in total. The summed E-state index contributed by atoms with van der Waals surface area (Å²) >= 11 is 0. The van der Waals surface area contributed by atoms with Crippen molar-refractivity contribution in [3.8, 4) is 23.0 Å². The highest BCUT2D eigenvalue weighted by atomic mass is 16.5. The second-order valence-corrected chi connectivity index (χ2v) is 3.78. The molecule has 0 aliphatic heterocycles. The molecule has 0 amide bonds. The lowest BCUT2D eigenvalue weighted by molar-refractivity contribution is -0.136. The number of carboxylic acids is 1. The van der Waals surface area contributed by atoms with E-state index in [0.717, 1.165) is 0 Å². The van der Waals surface area contributed by atoms with Crippen molar-refractivity contribution in [3.05, 3.63) is 30.2 Å². The van der Waals surface area contributed by atoms with Gasteiger partial charge in [0.25, 0.3) is 0 Å². The van der Waals surface area contributed by atoms with Crippen LogP contribution in [0.3, 0.4) is 0 Å². The number of aromatic nitrogens is 1. The Morgan fingerprint density at radius 1 is 1.37 bits per heavy atom. The van der Waals surface area contributed by atoms with E-state index in [4.69, 9.17) is 19.0 Å². The monoisotopic (exact) mass is 263 g/mol. The summed E-state index contributed by atoms with van der Waals surface area (Å²) < 4.78 is 15.6. The van der Waals surface area contributed by atoms with Gasteiger partial charge in [-0.05, 0) is 18.2 Å². The van der Waals surface area contributed by atoms with Gasteiger partial charge < -0.3 is 19.0 Å². The van der Waals surface area contributed by atoms with Crippen molar-refractivity contribution < 1.29 is 23.8 Å². The van der Waals surface area contributed by atoms with Crippen LogP contribution >= 0.6 is 0 Å². The van der Waals surface area contributed by atoms with Gasteiger partial charge >= 0.3 is 5.97 Å². The molecule has 2 aromatic rings. The van der Waals surface area contributed by atoms with Crippen LogP contribution in [0.1, 0.15) is 5.69 Å². The van der Waals surface area contributed by atoms with Gasteiger partial charge in [-0.25, -0.2) is 4.98 Å². The van der Waals surface area contributed by atoms with Crippen LogP contribution in [0.4, 0.5) is 0 Å². The molecule has 0 atom stereocenters. The Morgan fingerprint density at radius 3 is 2.79 bits per heavy atom. The van der Waals surface area contributed by atoms with Gasteiger partial charge in [-0.15, -0.1) is 0 Å². The lowest BCUT2D eigenvalue weighted by atomic mass is 10.2. The topological polar surface area (TPSA) is 81.8 Å². The largest absolute Gasteiger partial charge is 0.497 e. The Balaban J connectivity index is 2.39. The summed E-state index contributed by atoms with van der Waals surface area (Å²) in [6, 6.07) is 5.20. The maximum absolute atomic E-state index is 10.6. The molecule has 0 saturated heterocycles. The first-order chi connectivity index (χ1) is 9.13. The van der Waals surface area contributed by atoms with Gasteiger partial charge in [0.15, 0.2) is 0 Å². The van der Waals surface area contributed by atoms with Gasteiger partial charge in [0.05, 0.1) is 31.9 Å². The summed E-state index contributed by atoms with van der Waals surface area (Å²) in [4.78, 5) is 14.7. The number of rotatable bonds is 5. The number of nitrogens with zero attached hydrogens (tertiary/aromatic N) is 1. The summed E-state index contributed by atoms with van der Waals surface area (Å²) in [6.45, 7) is 0. The number of carboxylic acid groups (broad SMARTS) is 1. The average molecular weight is 263 g/mol. The minimum absolute atomic E-state index is 0.185. The van der Waals surface area contributed by atoms with Crippen molar-refractivity contribution in [2.45, 2.75) is 6.42 Å². The Kier molecular flexibility index (Phi) is 3.70. The molecular formula is C13H13NO5. The van der Waals surface area contributed by atoms with Crippen molar-refractivity contribution in [1.29, 1.82) is 0 Å². The van der Waals surface area contributed by atoms with Crippen LogP contribution in [0, 0.1) is 0 Å². The Hall–Kier alpha value is -2.50. The highest BCUT2D eigenvalue weighted by Crippen LogP contribution is 2.32. The number of ether oxygens (including phenoxy) is 2. The van der Waals surface area contributed by atoms with E-state index in [-0.39, 0.29) is 6.42 Å². The molecule has 100 valence electrons. The van der Waals surface area contributed by atoms with Gasteiger partial charge in [-0.1, -0.05) is 0 Å². The van der Waals surface area contributed by atoms with Crippen LogP contribution < -0.4 is 9.47 Å². The summed E-state index contributed by atoms with van der Waals surface area (Å²) in [6.07, 6.45) is 1.14. The van der Waals surface area contributed by atoms with Crippen molar-refractivity contribution in [1.82, 2.24) is 4.98 Å². The quantitative estimate of drug-likeness (QED) is 0.888. The van der Waals surface area contributed by atoms with Crippen molar-refractivity contribution in [2.75, 3.05) is 14.2 Å². The molecule has 0 spiro atoms. The normalized spacial score (nSPS) is 10.2. The van der Waals surface area contributed by atoms with E-state index in [0.29, 0.717) is 28.6 Å². The van der Waals surface area contributed by atoms with E-state index in [2.05, 4.69) is 4.98 Å². The number of hydrogen-bond acceptors (Lipinski definition) is 5.